The Balaban J connectivity index is 2.04. The molecule has 1 aliphatic carbocycles. The minimum Gasteiger partial charge on any atom is -0.370 e. The number of hydrogen-bond donors (Lipinski definition) is 1. The van der Waals surface area contributed by atoms with E-state index in [1.807, 2.05) is 0 Å². The average Bonchev–Trinajstić information content (AvgIpc) is 2.39. The Morgan fingerprint density at radius 1 is 1.16 bits per heavy atom. The van der Waals surface area contributed by atoms with E-state index in [-0.39, 0.29) is 0 Å². The van der Waals surface area contributed by atoms with Crippen molar-refractivity contribution in [1.29, 1.82) is 0 Å². The summed E-state index contributed by atoms with van der Waals surface area (Å²) in [7, 11) is 2.19. The van der Waals surface area contributed by atoms with E-state index in [0.717, 1.165) is 12.3 Å². The summed E-state index contributed by atoms with van der Waals surface area (Å²) in [5.41, 5.74) is 9.00. The van der Waals surface area contributed by atoms with Crippen LogP contribution < -0.4 is 10.6 Å². The molecule has 106 valence electrons. The Labute approximate surface area is 118 Å². The molecule has 2 rings (SSSR count). The number of rotatable bonds is 4. The van der Waals surface area contributed by atoms with Crippen molar-refractivity contribution in [3.05, 3.63) is 29.8 Å². The summed E-state index contributed by atoms with van der Waals surface area (Å²) in [5, 5.41) is 0. The van der Waals surface area contributed by atoms with Gasteiger partial charge in [-0.3, -0.25) is 0 Å². The van der Waals surface area contributed by atoms with Crippen LogP contribution in [0, 0.1) is 5.92 Å². The van der Waals surface area contributed by atoms with Crippen molar-refractivity contribution >= 4 is 5.69 Å². The van der Waals surface area contributed by atoms with E-state index in [1.165, 1.54) is 36.9 Å². The van der Waals surface area contributed by atoms with Crippen LogP contribution in [-0.2, 0) is 6.42 Å². The zero-order valence-electron chi connectivity index (χ0n) is 12.6. The van der Waals surface area contributed by atoms with E-state index in [9.17, 15) is 0 Å². The fraction of sp³-hybridized carbons (Fsp3) is 0.647. The second-order valence-electron chi connectivity index (χ2n) is 6.39. The highest BCUT2D eigenvalue weighted by molar-refractivity contribution is 5.48. The minimum atomic E-state index is 0.328. The van der Waals surface area contributed by atoms with Crippen molar-refractivity contribution in [2.24, 2.45) is 11.7 Å². The van der Waals surface area contributed by atoms with Crippen LogP contribution in [0.3, 0.4) is 0 Å². The average molecular weight is 260 g/mol. The molecule has 0 bridgehead atoms. The number of nitrogens with zero attached hydrogens (tertiary/aromatic N) is 1. The first-order chi connectivity index (χ1) is 9.08. The largest absolute Gasteiger partial charge is 0.370 e. The molecule has 0 aromatic heterocycles. The summed E-state index contributed by atoms with van der Waals surface area (Å²) in [4.78, 5) is 2.38. The maximum absolute atomic E-state index is 6.27. The molecule has 2 N–H and O–H groups in total. The highest BCUT2D eigenvalue weighted by atomic mass is 15.2. The molecule has 0 saturated heterocycles. The summed E-state index contributed by atoms with van der Waals surface area (Å²) >= 11 is 0. The zero-order valence-corrected chi connectivity index (χ0v) is 12.6. The van der Waals surface area contributed by atoms with Crippen LogP contribution in [0.15, 0.2) is 24.3 Å². The molecule has 0 amide bonds. The maximum Gasteiger partial charge on any atom is 0.0437 e. The maximum atomic E-state index is 6.27. The van der Waals surface area contributed by atoms with Gasteiger partial charge in [0, 0.05) is 24.8 Å². The quantitative estimate of drug-likeness (QED) is 0.896. The van der Waals surface area contributed by atoms with Crippen molar-refractivity contribution in [2.75, 3.05) is 11.9 Å². The molecule has 1 aromatic rings. The molecule has 19 heavy (non-hydrogen) atoms. The van der Waals surface area contributed by atoms with Gasteiger partial charge >= 0.3 is 0 Å². The first-order valence-corrected chi connectivity index (χ1v) is 7.65. The lowest BCUT2D eigenvalue weighted by molar-refractivity contribution is 0.373. The molecular formula is C17H28N2. The van der Waals surface area contributed by atoms with Gasteiger partial charge in [0.25, 0.3) is 0 Å². The standard InChI is InChI=1S/C17H28N2/c1-13(2)12-14-8-10-15(11-9-14)19(3)17-7-5-4-6-16(17)18/h8-11,13,16-17H,4-7,12,18H2,1-3H3. The number of anilines is 1. The fourth-order valence-electron chi connectivity index (χ4n) is 3.15. The first-order valence-electron chi connectivity index (χ1n) is 7.65. The van der Waals surface area contributed by atoms with Gasteiger partial charge in [-0.1, -0.05) is 38.8 Å². The Kier molecular flexibility index (Phi) is 4.87. The summed E-state index contributed by atoms with van der Waals surface area (Å²) in [6.07, 6.45) is 6.16. The molecule has 2 nitrogen and oxygen atoms in total. The third kappa shape index (κ3) is 3.73. The smallest absolute Gasteiger partial charge is 0.0437 e. The van der Waals surface area contributed by atoms with E-state index in [4.69, 9.17) is 5.73 Å². The molecule has 0 spiro atoms. The van der Waals surface area contributed by atoms with Crippen molar-refractivity contribution in [1.82, 2.24) is 0 Å². The van der Waals surface area contributed by atoms with Crippen molar-refractivity contribution in [2.45, 2.75) is 58.0 Å². The topological polar surface area (TPSA) is 29.3 Å². The van der Waals surface area contributed by atoms with Crippen LogP contribution in [0.4, 0.5) is 5.69 Å². The summed E-state index contributed by atoms with van der Waals surface area (Å²) < 4.78 is 0. The van der Waals surface area contributed by atoms with Gasteiger partial charge < -0.3 is 10.6 Å². The normalized spacial score (nSPS) is 23.6. The molecule has 1 saturated carbocycles. The van der Waals surface area contributed by atoms with Crippen LogP contribution in [0.25, 0.3) is 0 Å². The predicted octanol–water partition coefficient (Wildman–Crippen LogP) is 3.59. The second kappa shape index (κ2) is 6.42. The zero-order chi connectivity index (χ0) is 13.8. The van der Waals surface area contributed by atoms with Crippen molar-refractivity contribution < 1.29 is 0 Å². The summed E-state index contributed by atoms with van der Waals surface area (Å²) in [5.74, 6) is 0.718. The van der Waals surface area contributed by atoms with Crippen LogP contribution in [0.2, 0.25) is 0 Å². The molecule has 0 heterocycles. The Bertz CT molecular complexity index is 383. The molecule has 2 atom stereocenters. The molecular weight excluding hydrogens is 232 g/mol. The van der Waals surface area contributed by atoms with Gasteiger partial charge in [0.2, 0.25) is 0 Å². The van der Waals surface area contributed by atoms with Crippen molar-refractivity contribution in [3.8, 4) is 0 Å². The minimum absolute atomic E-state index is 0.328. The summed E-state index contributed by atoms with van der Waals surface area (Å²) in [6.45, 7) is 4.53. The van der Waals surface area contributed by atoms with Crippen molar-refractivity contribution in [3.63, 3.8) is 0 Å². The number of hydrogen-bond acceptors (Lipinski definition) is 2. The lowest BCUT2D eigenvalue weighted by atomic mass is 9.89. The van der Waals surface area contributed by atoms with E-state index in [0.29, 0.717) is 12.1 Å². The van der Waals surface area contributed by atoms with E-state index in [2.05, 4.69) is 50.1 Å². The first kappa shape index (κ1) is 14.4. The Morgan fingerprint density at radius 2 is 1.79 bits per heavy atom. The van der Waals surface area contributed by atoms with Gasteiger partial charge in [0.05, 0.1) is 0 Å². The van der Waals surface area contributed by atoms with Gasteiger partial charge in [0.1, 0.15) is 0 Å². The van der Waals surface area contributed by atoms with Gasteiger partial charge in [-0.25, -0.2) is 0 Å². The molecule has 0 radical (unpaired) electrons. The number of benzene rings is 1. The molecule has 2 heteroatoms. The molecule has 0 aliphatic heterocycles. The summed E-state index contributed by atoms with van der Waals surface area (Å²) in [6, 6.07) is 9.86. The Morgan fingerprint density at radius 3 is 2.37 bits per heavy atom. The highest BCUT2D eigenvalue weighted by Crippen LogP contribution is 2.26. The van der Waals surface area contributed by atoms with Crippen LogP contribution in [-0.4, -0.2) is 19.1 Å². The molecule has 1 aromatic carbocycles. The third-order valence-electron chi connectivity index (χ3n) is 4.27. The van der Waals surface area contributed by atoms with Gasteiger partial charge in [-0.2, -0.15) is 0 Å². The van der Waals surface area contributed by atoms with Gasteiger partial charge in [-0.05, 0) is 42.9 Å². The Hall–Kier alpha value is -1.02. The highest BCUT2D eigenvalue weighted by Gasteiger charge is 2.25. The van der Waals surface area contributed by atoms with Crippen LogP contribution in [0.1, 0.15) is 45.1 Å². The molecule has 1 fully saturated rings. The lowest BCUT2D eigenvalue weighted by Crippen LogP contribution is -2.48. The van der Waals surface area contributed by atoms with E-state index in [1.54, 1.807) is 0 Å². The second-order valence-corrected chi connectivity index (χ2v) is 6.39. The van der Waals surface area contributed by atoms with Crippen LogP contribution >= 0.6 is 0 Å². The number of likely N-dealkylation sites (N-methyl/N-ethyl adjacent to an activating group) is 1. The fourth-order valence-corrected chi connectivity index (χ4v) is 3.15. The SMILES string of the molecule is CC(C)Cc1ccc(N(C)C2CCCCC2N)cc1. The van der Waals surface area contributed by atoms with Gasteiger partial charge in [-0.15, -0.1) is 0 Å². The predicted molar refractivity (Wildman–Crippen MR) is 83.6 cm³/mol. The monoisotopic (exact) mass is 260 g/mol. The molecule has 1 aliphatic rings. The van der Waals surface area contributed by atoms with E-state index >= 15 is 0 Å². The lowest BCUT2D eigenvalue weighted by Gasteiger charge is -2.37. The number of nitrogens with two attached hydrogens (primary N) is 1. The van der Waals surface area contributed by atoms with E-state index < -0.39 is 0 Å². The van der Waals surface area contributed by atoms with Crippen LogP contribution in [0.5, 0.6) is 0 Å². The van der Waals surface area contributed by atoms with Gasteiger partial charge in [0.15, 0.2) is 0 Å². The molecule has 2 unspecified atom stereocenters. The third-order valence-corrected chi connectivity index (χ3v) is 4.27.